The number of carboxylic acid groups (broad SMARTS) is 2. The summed E-state index contributed by atoms with van der Waals surface area (Å²) in [5, 5.41) is 20.7. The van der Waals surface area contributed by atoms with Crippen molar-refractivity contribution in [1.29, 1.82) is 0 Å². The maximum absolute atomic E-state index is 12.8. The van der Waals surface area contributed by atoms with E-state index in [1.807, 2.05) is 18.2 Å². The highest BCUT2D eigenvalue weighted by atomic mass is 16.4. The van der Waals surface area contributed by atoms with E-state index in [-0.39, 0.29) is 11.1 Å². The number of carbonyl (C=O) groups is 3. The van der Waals surface area contributed by atoms with Crippen LogP contribution in [-0.2, 0) is 9.59 Å². The van der Waals surface area contributed by atoms with Gasteiger partial charge in [0.15, 0.2) is 5.78 Å². The number of rotatable bonds is 6. The molecule has 0 fully saturated rings. The topological polar surface area (TPSA) is 91.7 Å². The van der Waals surface area contributed by atoms with Gasteiger partial charge in [-0.2, -0.15) is 0 Å². The minimum Gasteiger partial charge on any atom is -0.478 e. The normalized spacial score (nSPS) is 11.7. The summed E-state index contributed by atoms with van der Waals surface area (Å²) in [4.78, 5) is 36.4. The predicted molar refractivity (Wildman–Crippen MR) is 102 cm³/mol. The van der Waals surface area contributed by atoms with Crippen LogP contribution in [0.3, 0.4) is 0 Å². The Kier molecular flexibility index (Phi) is 5.13. The van der Waals surface area contributed by atoms with Crippen molar-refractivity contribution in [3.05, 3.63) is 89.5 Å². The Balaban J connectivity index is 2.09. The number of hydrogen-bond donors (Lipinski definition) is 2. The molecule has 27 heavy (non-hydrogen) atoms. The van der Waals surface area contributed by atoms with Crippen molar-refractivity contribution in [1.82, 2.24) is 0 Å². The quantitative estimate of drug-likeness (QED) is 0.511. The first-order chi connectivity index (χ1) is 13.0. The average Bonchev–Trinajstić information content (AvgIpc) is 2.67. The molecular formula is C22H16O5. The molecule has 0 aromatic heterocycles. The zero-order valence-electron chi connectivity index (χ0n) is 14.3. The van der Waals surface area contributed by atoms with Crippen molar-refractivity contribution in [2.24, 2.45) is 0 Å². The number of hydrogen-bond acceptors (Lipinski definition) is 3. The zero-order valence-corrected chi connectivity index (χ0v) is 14.3. The minimum absolute atomic E-state index is 0.244. The fourth-order valence-electron chi connectivity index (χ4n) is 3.03. The summed E-state index contributed by atoms with van der Waals surface area (Å²) >= 11 is 0. The summed E-state index contributed by atoms with van der Waals surface area (Å²) in [7, 11) is 0. The lowest BCUT2D eigenvalue weighted by molar-refractivity contribution is -0.134. The van der Waals surface area contributed by atoms with Gasteiger partial charge in [-0.3, -0.25) is 4.79 Å². The first-order valence-corrected chi connectivity index (χ1v) is 8.25. The molecule has 3 aromatic carbocycles. The molecule has 0 heterocycles. The Morgan fingerprint density at radius 1 is 0.704 bits per heavy atom. The van der Waals surface area contributed by atoms with Crippen LogP contribution in [0.15, 0.2) is 78.4 Å². The van der Waals surface area contributed by atoms with E-state index in [1.165, 1.54) is 12.1 Å². The smallest absolute Gasteiger partial charge is 0.336 e. The number of aliphatic carboxylic acids is 2. The van der Waals surface area contributed by atoms with Crippen LogP contribution >= 0.6 is 0 Å². The number of Topliss-reactive ketones (excluding diaryl/α,β-unsaturated/α-hetero) is 1. The number of benzene rings is 3. The van der Waals surface area contributed by atoms with E-state index in [0.29, 0.717) is 10.9 Å². The van der Waals surface area contributed by atoms with Crippen molar-refractivity contribution in [2.45, 2.75) is 6.42 Å². The largest absolute Gasteiger partial charge is 0.478 e. The van der Waals surface area contributed by atoms with Gasteiger partial charge in [0.2, 0.25) is 0 Å². The van der Waals surface area contributed by atoms with Crippen LogP contribution in [0.25, 0.3) is 16.3 Å². The SMILES string of the molecule is O=C(O)/C(CC(=O)c1cccc2ccccc12)=C(/C(=O)O)c1ccccc1. The molecule has 0 bridgehead atoms. The predicted octanol–water partition coefficient (Wildman–Crippen LogP) is 4.04. The first-order valence-electron chi connectivity index (χ1n) is 8.25. The molecule has 3 rings (SSSR count). The van der Waals surface area contributed by atoms with Gasteiger partial charge in [0.25, 0.3) is 0 Å². The van der Waals surface area contributed by atoms with Gasteiger partial charge >= 0.3 is 11.9 Å². The Morgan fingerprint density at radius 3 is 2.00 bits per heavy atom. The number of fused-ring (bicyclic) bond motifs is 1. The molecule has 0 saturated heterocycles. The zero-order chi connectivity index (χ0) is 19.4. The highest BCUT2D eigenvalue weighted by Crippen LogP contribution is 2.26. The summed E-state index contributed by atoms with van der Waals surface area (Å²) in [5.74, 6) is -3.26. The van der Waals surface area contributed by atoms with E-state index >= 15 is 0 Å². The second kappa shape index (κ2) is 7.66. The van der Waals surface area contributed by atoms with Crippen molar-refractivity contribution < 1.29 is 24.6 Å². The van der Waals surface area contributed by atoms with Crippen molar-refractivity contribution in [2.75, 3.05) is 0 Å². The molecular weight excluding hydrogens is 344 g/mol. The Labute approximate surface area is 155 Å². The van der Waals surface area contributed by atoms with Crippen LogP contribution < -0.4 is 0 Å². The number of carbonyl (C=O) groups excluding carboxylic acids is 1. The summed E-state index contributed by atoms with van der Waals surface area (Å²) < 4.78 is 0. The maximum Gasteiger partial charge on any atom is 0.336 e. The van der Waals surface area contributed by atoms with Crippen molar-refractivity contribution in [3.8, 4) is 0 Å². The van der Waals surface area contributed by atoms with E-state index < -0.39 is 29.7 Å². The second-order valence-corrected chi connectivity index (χ2v) is 5.96. The highest BCUT2D eigenvalue weighted by Gasteiger charge is 2.25. The highest BCUT2D eigenvalue weighted by molar-refractivity contribution is 6.24. The van der Waals surface area contributed by atoms with Crippen LogP contribution in [0.2, 0.25) is 0 Å². The third-order valence-corrected chi connectivity index (χ3v) is 4.26. The van der Waals surface area contributed by atoms with Gasteiger partial charge in [-0.15, -0.1) is 0 Å². The van der Waals surface area contributed by atoms with Gasteiger partial charge in [-0.25, -0.2) is 9.59 Å². The summed E-state index contributed by atoms with van der Waals surface area (Å²) in [5.41, 5.74) is -0.207. The van der Waals surface area contributed by atoms with Gasteiger partial charge < -0.3 is 10.2 Å². The standard InChI is InChI=1S/C22H16O5/c23-19(17-12-6-10-14-7-4-5-11-16(14)17)13-18(21(24)25)20(22(26)27)15-8-2-1-3-9-15/h1-12H,13H2,(H,24,25)(H,26,27)/b20-18+. The monoisotopic (exact) mass is 360 g/mol. The van der Waals surface area contributed by atoms with Gasteiger partial charge in [0, 0.05) is 12.0 Å². The molecule has 0 spiro atoms. The van der Waals surface area contributed by atoms with Crippen LogP contribution in [-0.4, -0.2) is 27.9 Å². The van der Waals surface area contributed by atoms with Gasteiger partial charge in [-0.1, -0.05) is 72.8 Å². The fraction of sp³-hybridized carbons (Fsp3) is 0.0455. The fourth-order valence-corrected chi connectivity index (χ4v) is 3.03. The lowest BCUT2D eigenvalue weighted by atomic mass is 9.92. The van der Waals surface area contributed by atoms with E-state index in [1.54, 1.807) is 42.5 Å². The molecule has 0 radical (unpaired) electrons. The van der Waals surface area contributed by atoms with Gasteiger partial charge in [0.05, 0.1) is 11.1 Å². The van der Waals surface area contributed by atoms with Crippen molar-refractivity contribution >= 4 is 34.1 Å². The van der Waals surface area contributed by atoms with E-state index in [0.717, 1.165) is 5.39 Å². The Hall–Kier alpha value is -3.73. The third kappa shape index (κ3) is 3.77. The molecule has 0 saturated carbocycles. The molecule has 5 nitrogen and oxygen atoms in total. The molecule has 0 amide bonds. The molecule has 0 atom stereocenters. The average molecular weight is 360 g/mol. The summed E-state index contributed by atoms with van der Waals surface area (Å²) in [6.45, 7) is 0. The van der Waals surface area contributed by atoms with Crippen LogP contribution in [0.4, 0.5) is 0 Å². The molecule has 5 heteroatoms. The minimum atomic E-state index is -1.43. The van der Waals surface area contributed by atoms with E-state index in [9.17, 15) is 24.6 Å². The Bertz CT molecular complexity index is 1060. The maximum atomic E-state index is 12.8. The third-order valence-electron chi connectivity index (χ3n) is 4.26. The number of carboxylic acids is 2. The first kappa shape index (κ1) is 18.1. The Morgan fingerprint density at radius 2 is 1.33 bits per heavy atom. The molecule has 134 valence electrons. The van der Waals surface area contributed by atoms with Gasteiger partial charge in [0.1, 0.15) is 0 Å². The molecule has 0 aliphatic rings. The number of ketones is 1. The molecule has 0 aliphatic heterocycles. The second-order valence-electron chi connectivity index (χ2n) is 5.96. The van der Waals surface area contributed by atoms with Crippen LogP contribution in [0.1, 0.15) is 22.3 Å². The van der Waals surface area contributed by atoms with Crippen molar-refractivity contribution in [3.63, 3.8) is 0 Å². The van der Waals surface area contributed by atoms with E-state index in [2.05, 4.69) is 0 Å². The molecule has 2 N–H and O–H groups in total. The lowest BCUT2D eigenvalue weighted by Gasteiger charge is -2.10. The molecule has 3 aromatic rings. The van der Waals surface area contributed by atoms with Crippen LogP contribution in [0, 0.1) is 0 Å². The van der Waals surface area contributed by atoms with Gasteiger partial charge in [-0.05, 0) is 16.3 Å². The van der Waals surface area contributed by atoms with E-state index in [4.69, 9.17) is 0 Å². The summed E-state index contributed by atoms with van der Waals surface area (Å²) in [6.07, 6.45) is -0.514. The lowest BCUT2D eigenvalue weighted by Crippen LogP contribution is -2.14. The summed E-state index contributed by atoms with van der Waals surface area (Å²) in [6, 6.07) is 20.4. The molecule has 0 aliphatic carbocycles. The molecule has 0 unspecified atom stereocenters. The van der Waals surface area contributed by atoms with Crippen LogP contribution in [0.5, 0.6) is 0 Å².